The number of hydrogen-bond donors (Lipinski definition) is 0. The van der Waals surface area contributed by atoms with E-state index in [9.17, 15) is 18.0 Å². The fraction of sp³-hybridized carbons (Fsp3) is 0.333. The summed E-state index contributed by atoms with van der Waals surface area (Å²) in [6.07, 6.45) is -4.00. The molecule has 0 aliphatic heterocycles. The van der Waals surface area contributed by atoms with Crippen molar-refractivity contribution in [3.63, 3.8) is 0 Å². The minimum absolute atomic E-state index is 0.0673. The quantitative estimate of drug-likeness (QED) is 0.805. The van der Waals surface area contributed by atoms with Gasteiger partial charge in [0.15, 0.2) is 5.69 Å². The lowest BCUT2D eigenvalue weighted by molar-refractivity contribution is -0.274. The summed E-state index contributed by atoms with van der Waals surface area (Å²) >= 11 is 2.91. The van der Waals surface area contributed by atoms with Crippen LogP contribution in [0.5, 0.6) is 5.75 Å². The van der Waals surface area contributed by atoms with E-state index in [-0.39, 0.29) is 16.8 Å². The topological polar surface area (TPSA) is 48.4 Å². The van der Waals surface area contributed by atoms with Gasteiger partial charge in [-0.3, -0.25) is 0 Å². The standard InChI is InChI=1S/C9H7BrF3NO3/c1-2-16-8(15)7-6(10)3-5(4-14-7)17-9(11,12)13/h3-4H,2H2,1H3. The Kier molecular flexibility index (Phi) is 4.33. The number of carbonyl (C=O) groups excluding carboxylic acids is 1. The number of aromatic nitrogens is 1. The molecule has 17 heavy (non-hydrogen) atoms. The van der Waals surface area contributed by atoms with Gasteiger partial charge in [0.2, 0.25) is 0 Å². The van der Waals surface area contributed by atoms with E-state index in [1.165, 1.54) is 0 Å². The van der Waals surface area contributed by atoms with Crippen molar-refractivity contribution in [2.24, 2.45) is 0 Å². The third-order valence-corrected chi connectivity index (χ3v) is 2.12. The van der Waals surface area contributed by atoms with E-state index in [2.05, 4.69) is 30.4 Å². The van der Waals surface area contributed by atoms with Gasteiger partial charge in [0, 0.05) is 0 Å². The molecule has 0 bridgehead atoms. The van der Waals surface area contributed by atoms with Crippen LogP contribution in [0.15, 0.2) is 16.7 Å². The first kappa shape index (κ1) is 13.8. The lowest BCUT2D eigenvalue weighted by Crippen LogP contribution is -2.17. The van der Waals surface area contributed by atoms with Gasteiger partial charge < -0.3 is 9.47 Å². The van der Waals surface area contributed by atoms with E-state index in [0.717, 1.165) is 12.3 Å². The van der Waals surface area contributed by atoms with Crippen LogP contribution in [0, 0.1) is 0 Å². The third kappa shape index (κ3) is 4.22. The van der Waals surface area contributed by atoms with Gasteiger partial charge in [-0.1, -0.05) is 0 Å². The molecule has 0 aliphatic rings. The molecule has 1 aromatic rings. The Bertz CT molecular complexity index is 422. The maximum atomic E-state index is 11.9. The monoisotopic (exact) mass is 313 g/mol. The van der Waals surface area contributed by atoms with Crippen LogP contribution < -0.4 is 4.74 Å². The fourth-order valence-corrected chi connectivity index (χ4v) is 1.45. The molecule has 94 valence electrons. The zero-order chi connectivity index (χ0) is 13.1. The largest absolute Gasteiger partial charge is 0.573 e. The van der Waals surface area contributed by atoms with Crippen molar-refractivity contribution in [1.29, 1.82) is 0 Å². The van der Waals surface area contributed by atoms with Crippen LogP contribution in [0.3, 0.4) is 0 Å². The predicted octanol–water partition coefficient (Wildman–Crippen LogP) is 2.92. The van der Waals surface area contributed by atoms with Crippen molar-refractivity contribution >= 4 is 21.9 Å². The molecule has 0 saturated carbocycles. The van der Waals surface area contributed by atoms with Crippen LogP contribution in [-0.4, -0.2) is 23.9 Å². The summed E-state index contributed by atoms with van der Waals surface area (Å²) in [4.78, 5) is 14.8. The van der Waals surface area contributed by atoms with Crippen LogP contribution in [0.1, 0.15) is 17.4 Å². The minimum atomic E-state index is -4.80. The highest BCUT2D eigenvalue weighted by atomic mass is 79.9. The van der Waals surface area contributed by atoms with Crippen LogP contribution >= 0.6 is 15.9 Å². The molecule has 0 radical (unpaired) electrons. The van der Waals surface area contributed by atoms with Crippen molar-refractivity contribution in [2.45, 2.75) is 13.3 Å². The molecule has 0 spiro atoms. The number of esters is 1. The van der Waals surface area contributed by atoms with Crippen molar-refractivity contribution in [1.82, 2.24) is 4.98 Å². The highest BCUT2D eigenvalue weighted by molar-refractivity contribution is 9.10. The molecule has 8 heteroatoms. The summed E-state index contributed by atoms with van der Waals surface area (Å²) in [6, 6.07) is 0.993. The second kappa shape index (κ2) is 5.35. The first-order chi connectivity index (χ1) is 7.83. The Morgan fingerprint density at radius 3 is 2.65 bits per heavy atom. The third-order valence-electron chi connectivity index (χ3n) is 1.52. The number of hydrogen-bond acceptors (Lipinski definition) is 4. The molecular formula is C9H7BrF3NO3. The summed E-state index contributed by atoms with van der Waals surface area (Å²) in [5.41, 5.74) is -0.110. The Balaban J connectivity index is 2.90. The summed E-state index contributed by atoms with van der Waals surface area (Å²) in [5.74, 6) is -1.24. The number of halogens is 4. The highest BCUT2D eigenvalue weighted by Gasteiger charge is 2.31. The number of pyridine rings is 1. The minimum Gasteiger partial charge on any atom is -0.461 e. The van der Waals surface area contributed by atoms with E-state index in [1.807, 2.05) is 0 Å². The molecule has 0 aliphatic carbocycles. The van der Waals surface area contributed by atoms with Crippen LogP contribution in [0.2, 0.25) is 0 Å². The van der Waals surface area contributed by atoms with Gasteiger partial charge in [-0.25, -0.2) is 9.78 Å². The SMILES string of the molecule is CCOC(=O)c1ncc(OC(F)(F)F)cc1Br. The Labute approximate surface area is 103 Å². The van der Waals surface area contributed by atoms with E-state index in [1.54, 1.807) is 6.92 Å². The van der Waals surface area contributed by atoms with Gasteiger partial charge >= 0.3 is 12.3 Å². The highest BCUT2D eigenvalue weighted by Crippen LogP contribution is 2.26. The van der Waals surface area contributed by atoms with Gasteiger partial charge in [-0.15, -0.1) is 13.2 Å². The molecule has 0 amide bonds. The van der Waals surface area contributed by atoms with Gasteiger partial charge in [-0.05, 0) is 28.9 Å². The lowest BCUT2D eigenvalue weighted by Gasteiger charge is -2.09. The molecule has 1 aromatic heterocycles. The average molecular weight is 314 g/mol. The van der Waals surface area contributed by atoms with Gasteiger partial charge in [0.1, 0.15) is 5.75 Å². The number of alkyl halides is 3. The maximum absolute atomic E-state index is 11.9. The van der Waals surface area contributed by atoms with Crippen LogP contribution in [0.4, 0.5) is 13.2 Å². The summed E-state index contributed by atoms with van der Waals surface area (Å²) in [7, 11) is 0. The number of ether oxygens (including phenoxy) is 2. The zero-order valence-corrected chi connectivity index (χ0v) is 10.1. The smallest absolute Gasteiger partial charge is 0.461 e. The van der Waals surface area contributed by atoms with Crippen LogP contribution in [-0.2, 0) is 4.74 Å². The summed E-state index contributed by atoms with van der Waals surface area (Å²) in [5, 5.41) is 0. The predicted molar refractivity (Wildman–Crippen MR) is 54.6 cm³/mol. The molecule has 0 aromatic carbocycles. The van der Waals surface area contributed by atoms with Gasteiger partial charge in [0.25, 0.3) is 0 Å². The molecule has 0 fully saturated rings. The van der Waals surface area contributed by atoms with E-state index < -0.39 is 18.1 Å². The molecule has 1 rings (SSSR count). The molecule has 0 atom stereocenters. The second-order valence-electron chi connectivity index (χ2n) is 2.77. The van der Waals surface area contributed by atoms with Crippen LogP contribution in [0.25, 0.3) is 0 Å². The first-order valence-corrected chi connectivity index (χ1v) is 5.21. The van der Waals surface area contributed by atoms with Crippen molar-refractivity contribution < 1.29 is 27.4 Å². The maximum Gasteiger partial charge on any atom is 0.573 e. The molecule has 0 unspecified atom stereocenters. The van der Waals surface area contributed by atoms with E-state index in [4.69, 9.17) is 0 Å². The van der Waals surface area contributed by atoms with Crippen molar-refractivity contribution in [3.8, 4) is 5.75 Å². The zero-order valence-electron chi connectivity index (χ0n) is 8.55. The van der Waals surface area contributed by atoms with Gasteiger partial charge in [-0.2, -0.15) is 0 Å². The summed E-state index contributed by atoms with van der Waals surface area (Å²) < 4.78 is 44.0. The molecule has 0 saturated heterocycles. The lowest BCUT2D eigenvalue weighted by atomic mass is 10.3. The Morgan fingerprint density at radius 1 is 1.53 bits per heavy atom. The molecule has 4 nitrogen and oxygen atoms in total. The van der Waals surface area contributed by atoms with Gasteiger partial charge in [0.05, 0.1) is 17.3 Å². The van der Waals surface area contributed by atoms with E-state index >= 15 is 0 Å². The average Bonchev–Trinajstić information content (AvgIpc) is 2.15. The Hall–Kier alpha value is -1.31. The van der Waals surface area contributed by atoms with E-state index in [0.29, 0.717) is 0 Å². The number of nitrogens with zero attached hydrogens (tertiary/aromatic N) is 1. The first-order valence-electron chi connectivity index (χ1n) is 4.42. The second-order valence-corrected chi connectivity index (χ2v) is 3.62. The normalized spacial score (nSPS) is 11.1. The molecular weight excluding hydrogens is 307 g/mol. The number of rotatable bonds is 3. The van der Waals surface area contributed by atoms with Crippen molar-refractivity contribution in [2.75, 3.05) is 6.61 Å². The number of carbonyl (C=O) groups is 1. The molecule has 1 heterocycles. The summed E-state index contributed by atoms with van der Waals surface area (Å²) in [6.45, 7) is 1.75. The Morgan fingerprint density at radius 2 is 2.18 bits per heavy atom. The molecule has 0 N–H and O–H groups in total. The van der Waals surface area contributed by atoms with Crippen molar-refractivity contribution in [3.05, 3.63) is 22.4 Å². The fourth-order valence-electron chi connectivity index (χ4n) is 0.959.